The second-order valence-corrected chi connectivity index (χ2v) is 6.92. The first-order valence-electron chi connectivity index (χ1n) is 8.86. The molecule has 2 heteroatoms. The van der Waals surface area contributed by atoms with Gasteiger partial charge < -0.3 is 4.90 Å². The predicted molar refractivity (Wildman–Crippen MR) is 98.1 cm³/mol. The van der Waals surface area contributed by atoms with Crippen molar-refractivity contribution in [3.63, 3.8) is 0 Å². The van der Waals surface area contributed by atoms with Gasteiger partial charge in [-0.05, 0) is 54.6 Å². The van der Waals surface area contributed by atoms with Crippen LogP contribution in [0.3, 0.4) is 0 Å². The average molecular weight is 323 g/mol. The first-order valence-corrected chi connectivity index (χ1v) is 8.86. The summed E-state index contributed by atoms with van der Waals surface area (Å²) in [6.07, 6.45) is 6.75. The van der Waals surface area contributed by atoms with Crippen LogP contribution in [0.25, 0.3) is 0 Å². The van der Waals surface area contributed by atoms with Crippen LogP contribution in [0, 0.1) is 24.6 Å². The zero-order valence-corrected chi connectivity index (χ0v) is 14.6. The van der Waals surface area contributed by atoms with E-state index in [9.17, 15) is 4.39 Å². The molecule has 0 spiro atoms. The smallest absolute Gasteiger partial charge is 0.123 e. The van der Waals surface area contributed by atoms with Crippen molar-refractivity contribution >= 4 is 0 Å². The SMILES string of the molecule is CCC1CN(Cc2ccc(C)cc2)C=CC1Cc1ccc(F)cc1. The van der Waals surface area contributed by atoms with Crippen molar-refractivity contribution in [3.8, 4) is 0 Å². The van der Waals surface area contributed by atoms with Crippen LogP contribution >= 0.6 is 0 Å². The minimum atomic E-state index is -0.158. The lowest BCUT2D eigenvalue weighted by molar-refractivity contribution is 0.227. The summed E-state index contributed by atoms with van der Waals surface area (Å²) < 4.78 is 13.1. The third-order valence-electron chi connectivity index (χ3n) is 5.03. The molecule has 2 atom stereocenters. The number of halogens is 1. The summed E-state index contributed by atoms with van der Waals surface area (Å²) in [6, 6.07) is 15.7. The summed E-state index contributed by atoms with van der Waals surface area (Å²) in [7, 11) is 0. The molecule has 0 fully saturated rings. The van der Waals surface area contributed by atoms with E-state index in [1.807, 2.05) is 12.1 Å². The summed E-state index contributed by atoms with van der Waals surface area (Å²) in [6.45, 7) is 6.45. The fraction of sp³-hybridized carbons (Fsp3) is 0.364. The van der Waals surface area contributed by atoms with Crippen LogP contribution < -0.4 is 0 Å². The molecule has 0 radical (unpaired) electrons. The van der Waals surface area contributed by atoms with Gasteiger partial charge in [-0.15, -0.1) is 0 Å². The van der Waals surface area contributed by atoms with Crippen molar-refractivity contribution in [2.24, 2.45) is 11.8 Å². The highest BCUT2D eigenvalue weighted by Crippen LogP contribution is 2.28. The molecular formula is C22H26FN. The molecule has 24 heavy (non-hydrogen) atoms. The fourth-order valence-corrected chi connectivity index (χ4v) is 3.49. The molecule has 2 unspecified atom stereocenters. The lowest BCUT2D eigenvalue weighted by Gasteiger charge is -2.35. The topological polar surface area (TPSA) is 3.24 Å². The maximum Gasteiger partial charge on any atom is 0.123 e. The minimum absolute atomic E-state index is 0.158. The Labute approximate surface area is 144 Å². The normalized spacial score (nSPS) is 20.4. The highest BCUT2D eigenvalue weighted by molar-refractivity contribution is 5.22. The van der Waals surface area contributed by atoms with Gasteiger partial charge in [0.1, 0.15) is 5.82 Å². The molecule has 0 aromatic heterocycles. The zero-order chi connectivity index (χ0) is 16.9. The molecular weight excluding hydrogens is 297 g/mol. The van der Waals surface area contributed by atoms with Crippen LogP contribution in [0.4, 0.5) is 4.39 Å². The molecule has 1 heterocycles. The van der Waals surface area contributed by atoms with E-state index in [2.05, 4.69) is 55.3 Å². The Morgan fingerprint density at radius 1 is 1.00 bits per heavy atom. The molecule has 126 valence electrons. The molecule has 0 saturated heterocycles. The zero-order valence-electron chi connectivity index (χ0n) is 14.6. The average Bonchev–Trinajstić information content (AvgIpc) is 2.60. The third kappa shape index (κ3) is 4.25. The number of benzene rings is 2. The number of hydrogen-bond acceptors (Lipinski definition) is 1. The summed E-state index contributed by atoms with van der Waals surface area (Å²) >= 11 is 0. The molecule has 3 rings (SSSR count). The number of aryl methyl sites for hydroxylation is 1. The molecule has 1 aliphatic heterocycles. The molecule has 0 bridgehead atoms. The van der Waals surface area contributed by atoms with Crippen molar-refractivity contribution in [1.29, 1.82) is 0 Å². The van der Waals surface area contributed by atoms with Crippen molar-refractivity contribution in [3.05, 3.63) is 83.3 Å². The highest BCUT2D eigenvalue weighted by atomic mass is 19.1. The van der Waals surface area contributed by atoms with Gasteiger partial charge in [-0.1, -0.05) is 61.4 Å². The molecule has 0 N–H and O–H groups in total. The van der Waals surface area contributed by atoms with E-state index in [1.165, 1.54) is 23.1 Å². The van der Waals surface area contributed by atoms with E-state index in [4.69, 9.17) is 0 Å². The van der Waals surface area contributed by atoms with Gasteiger partial charge in [0.05, 0.1) is 0 Å². The van der Waals surface area contributed by atoms with Gasteiger partial charge in [0, 0.05) is 13.1 Å². The number of nitrogens with zero attached hydrogens (tertiary/aromatic N) is 1. The van der Waals surface area contributed by atoms with E-state index in [-0.39, 0.29) is 5.82 Å². The first kappa shape index (κ1) is 16.8. The molecule has 0 saturated carbocycles. The van der Waals surface area contributed by atoms with Gasteiger partial charge >= 0.3 is 0 Å². The molecule has 1 aliphatic rings. The Bertz CT molecular complexity index is 672. The summed E-state index contributed by atoms with van der Waals surface area (Å²) in [5.74, 6) is 1.02. The van der Waals surface area contributed by atoms with Crippen molar-refractivity contribution in [2.45, 2.75) is 33.2 Å². The van der Waals surface area contributed by atoms with E-state index in [0.717, 1.165) is 19.5 Å². The van der Waals surface area contributed by atoms with Gasteiger partial charge in [-0.25, -0.2) is 4.39 Å². The predicted octanol–water partition coefficient (Wildman–Crippen LogP) is 5.35. The second kappa shape index (κ2) is 7.65. The molecule has 0 amide bonds. The van der Waals surface area contributed by atoms with Gasteiger partial charge in [0.15, 0.2) is 0 Å². The highest BCUT2D eigenvalue weighted by Gasteiger charge is 2.24. The van der Waals surface area contributed by atoms with Crippen LogP contribution in [-0.4, -0.2) is 11.4 Å². The lowest BCUT2D eigenvalue weighted by atomic mass is 9.83. The van der Waals surface area contributed by atoms with Crippen LogP contribution in [0.2, 0.25) is 0 Å². The van der Waals surface area contributed by atoms with Gasteiger partial charge in [-0.3, -0.25) is 0 Å². The Morgan fingerprint density at radius 3 is 2.33 bits per heavy atom. The summed E-state index contributed by atoms with van der Waals surface area (Å²) in [4.78, 5) is 2.42. The number of allylic oxidation sites excluding steroid dienone is 1. The first-order chi connectivity index (χ1) is 11.6. The largest absolute Gasteiger partial charge is 0.373 e. The second-order valence-electron chi connectivity index (χ2n) is 6.92. The van der Waals surface area contributed by atoms with Crippen LogP contribution in [0.1, 0.15) is 30.0 Å². The Kier molecular flexibility index (Phi) is 5.34. The fourth-order valence-electron chi connectivity index (χ4n) is 3.49. The van der Waals surface area contributed by atoms with Crippen molar-refractivity contribution in [2.75, 3.05) is 6.54 Å². The quantitative estimate of drug-likeness (QED) is 0.717. The number of hydrogen-bond donors (Lipinski definition) is 0. The molecule has 0 aliphatic carbocycles. The Morgan fingerprint density at radius 2 is 1.67 bits per heavy atom. The molecule has 2 aromatic carbocycles. The lowest BCUT2D eigenvalue weighted by Crippen LogP contribution is -2.33. The Hall–Kier alpha value is -2.09. The monoisotopic (exact) mass is 323 g/mol. The summed E-state index contributed by atoms with van der Waals surface area (Å²) in [5.41, 5.74) is 3.88. The van der Waals surface area contributed by atoms with E-state index in [0.29, 0.717) is 11.8 Å². The van der Waals surface area contributed by atoms with Crippen LogP contribution in [-0.2, 0) is 13.0 Å². The van der Waals surface area contributed by atoms with E-state index >= 15 is 0 Å². The van der Waals surface area contributed by atoms with Gasteiger partial charge in [0.25, 0.3) is 0 Å². The minimum Gasteiger partial charge on any atom is -0.373 e. The summed E-state index contributed by atoms with van der Waals surface area (Å²) in [5, 5.41) is 0. The van der Waals surface area contributed by atoms with Gasteiger partial charge in [0.2, 0.25) is 0 Å². The van der Waals surface area contributed by atoms with E-state index in [1.54, 1.807) is 12.1 Å². The standard InChI is InChI=1S/C22H26FN/c1-3-20-16-24(15-19-6-4-17(2)5-7-19)13-12-21(20)14-18-8-10-22(23)11-9-18/h4-13,20-21H,3,14-16H2,1-2H3. The molecule has 2 aromatic rings. The van der Waals surface area contributed by atoms with Crippen LogP contribution in [0.15, 0.2) is 60.8 Å². The van der Waals surface area contributed by atoms with Gasteiger partial charge in [-0.2, -0.15) is 0 Å². The van der Waals surface area contributed by atoms with Crippen molar-refractivity contribution < 1.29 is 4.39 Å². The maximum absolute atomic E-state index is 13.1. The Balaban J connectivity index is 1.65. The van der Waals surface area contributed by atoms with Crippen LogP contribution in [0.5, 0.6) is 0 Å². The maximum atomic E-state index is 13.1. The third-order valence-corrected chi connectivity index (χ3v) is 5.03. The number of rotatable bonds is 5. The molecule has 1 nitrogen and oxygen atoms in total. The van der Waals surface area contributed by atoms with E-state index < -0.39 is 0 Å². The van der Waals surface area contributed by atoms with Crippen molar-refractivity contribution in [1.82, 2.24) is 4.90 Å².